The van der Waals surface area contributed by atoms with Crippen LogP contribution in [0, 0.1) is 5.82 Å². The lowest BCUT2D eigenvalue weighted by Crippen LogP contribution is -2.38. The smallest absolute Gasteiger partial charge is 0.246 e. The van der Waals surface area contributed by atoms with Gasteiger partial charge in [0, 0.05) is 24.7 Å². The highest BCUT2D eigenvalue weighted by molar-refractivity contribution is 5.91. The van der Waals surface area contributed by atoms with E-state index in [2.05, 4.69) is 10.1 Å². The molecule has 2 heterocycles. The molecule has 1 amide bonds. The number of piperidine rings is 1. The molecule has 2 aromatic carbocycles. The second-order valence-corrected chi connectivity index (χ2v) is 6.83. The minimum Gasteiger partial charge on any atom is -0.339 e. The van der Waals surface area contributed by atoms with Gasteiger partial charge in [0.25, 0.3) is 0 Å². The van der Waals surface area contributed by atoms with Gasteiger partial charge in [0.05, 0.1) is 5.92 Å². The summed E-state index contributed by atoms with van der Waals surface area (Å²) in [6.45, 7) is 1.26. The van der Waals surface area contributed by atoms with E-state index in [0.717, 1.165) is 18.4 Å². The van der Waals surface area contributed by atoms with E-state index in [-0.39, 0.29) is 17.6 Å². The van der Waals surface area contributed by atoms with Crippen LogP contribution in [0.1, 0.15) is 30.2 Å². The lowest BCUT2D eigenvalue weighted by atomic mass is 9.98. The van der Waals surface area contributed by atoms with E-state index in [1.165, 1.54) is 12.1 Å². The lowest BCUT2D eigenvalue weighted by molar-refractivity contribution is -0.127. The van der Waals surface area contributed by atoms with Crippen LogP contribution in [0.2, 0.25) is 0 Å². The minimum absolute atomic E-state index is 0.00419. The molecule has 4 rings (SSSR count). The van der Waals surface area contributed by atoms with Crippen molar-refractivity contribution in [3.63, 3.8) is 0 Å². The number of hydrogen-bond donors (Lipinski definition) is 0. The van der Waals surface area contributed by atoms with Gasteiger partial charge in [-0.2, -0.15) is 4.98 Å². The average Bonchev–Trinajstić information content (AvgIpc) is 3.24. The minimum atomic E-state index is -0.308. The molecule has 5 nitrogen and oxygen atoms in total. The van der Waals surface area contributed by atoms with E-state index in [1.54, 1.807) is 18.2 Å². The van der Waals surface area contributed by atoms with Crippen molar-refractivity contribution >= 4 is 12.0 Å². The maximum Gasteiger partial charge on any atom is 0.246 e. The quantitative estimate of drug-likeness (QED) is 0.636. The maximum atomic E-state index is 13.1. The first-order chi connectivity index (χ1) is 13.7. The number of likely N-dealkylation sites (tertiary alicyclic amines) is 1. The van der Waals surface area contributed by atoms with E-state index in [1.807, 2.05) is 41.3 Å². The third-order valence-corrected chi connectivity index (χ3v) is 4.84. The van der Waals surface area contributed by atoms with Crippen LogP contribution in [0.15, 0.2) is 65.2 Å². The second kappa shape index (κ2) is 8.17. The first-order valence-electron chi connectivity index (χ1n) is 9.30. The summed E-state index contributed by atoms with van der Waals surface area (Å²) in [5, 5.41) is 4.01. The van der Waals surface area contributed by atoms with Gasteiger partial charge in [-0.05, 0) is 48.7 Å². The Morgan fingerprint density at radius 3 is 2.71 bits per heavy atom. The number of rotatable bonds is 4. The van der Waals surface area contributed by atoms with Crippen LogP contribution in [-0.2, 0) is 4.79 Å². The molecule has 0 aliphatic carbocycles. The molecule has 0 spiro atoms. The van der Waals surface area contributed by atoms with Gasteiger partial charge in [-0.1, -0.05) is 35.5 Å². The number of hydrogen-bond acceptors (Lipinski definition) is 4. The Kier molecular flexibility index (Phi) is 5.28. The first-order valence-corrected chi connectivity index (χ1v) is 9.30. The third kappa shape index (κ3) is 4.17. The molecule has 0 saturated carbocycles. The van der Waals surface area contributed by atoms with Crippen molar-refractivity contribution < 1.29 is 13.7 Å². The number of carbonyl (C=O) groups is 1. The average molecular weight is 377 g/mol. The zero-order valence-corrected chi connectivity index (χ0v) is 15.3. The Morgan fingerprint density at radius 1 is 1.14 bits per heavy atom. The van der Waals surface area contributed by atoms with Crippen LogP contribution in [0.5, 0.6) is 0 Å². The molecule has 0 bridgehead atoms. The van der Waals surface area contributed by atoms with Crippen LogP contribution in [0.3, 0.4) is 0 Å². The molecule has 3 aromatic rings. The number of nitrogens with zero attached hydrogens (tertiary/aromatic N) is 3. The molecule has 1 aliphatic heterocycles. The van der Waals surface area contributed by atoms with E-state index in [4.69, 9.17) is 4.52 Å². The first kappa shape index (κ1) is 18.1. The summed E-state index contributed by atoms with van der Waals surface area (Å²) in [5.74, 6) is 0.625. The summed E-state index contributed by atoms with van der Waals surface area (Å²) in [5.41, 5.74) is 1.69. The molecule has 0 N–H and O–H groups in total. The number of benzene rings is 2. The standard InChI is InChI=1S/C22H20FN3O2/c23-19-11-9-17(10-12-19)21-24-22(28-25-21)18-7-4-14-26(15-18)20(27)13-8-16-5-2-1-3-6-16/h1-3,5-6,8-13,18H,4,7,14-15H2/b13-8+. The third-order valence-electron chi connectivity index (χ3n) is 4.84. The van der Waals surface area contributed by atoms with Crippen LogP contribution in [0.25, 0.3) is 17.5 Å². The molecule has 0 radical (unpaired) electrons. The number of halogens is 1. The molecule has 1 unspecified atom stereocenters. The number of aromatic nitrogens is 2. The highest BCUT2D eigenvalue weighted by Gasteiger charge is 2.28. The van der Waals surface area contributed by atoms with E-state index < -0.39 is 0 Å². The van der Waals surface area contributed by atoms with Crippen LogP contribution in [0.4, 0.5) is 4.39 Å². The lowest BCUT2D eigenvalue weighted by Gasteiger charge is -2.30. The SMILES string of the molecule is O=C(/C=C/c1ccccc1)N1CCCC(c2nc(-c3ccc(F)cc3)no2)C1. The molecule has 1 aromatic heterocycles. The van der Waals surface area contributed by atoms with Gasteiger partial charge >= 0.3 is 0 Å². The van der Waals surface area contributed by atoms with Crippen LogP contribution >= 0.6 is 0 Å². The van der Waals surface area contributed by atoms with Gasteiger partial charge in [0.15, 0.2) is 0 Å². The predicted octanol–water partition coefficient (Wildman–Crippen LogP) is 4.30. The van der Waals surface area contributed by atoms with Crippen LogP contribution < -0.4 is 0 Å². The van der Waals surface area contributed by atoms with E-state index in [0.29, 0.717) is 30.4 Å². The summed E-state index contributed by atoms with van der Waals surface area (Å²) in [7, 11) is 0. The molecule has 1 aliphatic rings. The summed E-state index contributed by atoms with van der Waals surface area (Å²) in [6, 6.07) is 15.7. The van der Waals surface area contributed by atoms with Crippen molar-refractivity contribution in [1.82, 2.24) is 15.0 Å². The summed E-state index contributed by atoms with van der Waals surface area (Å²) in [6.07, 6.45) is 5.20. The molecular formula is C22H20FN3O2. The monoisotopic (exact) mass is 377 g/mol. The van der Waals surface area contributed by atoms with Crippen molar-refractivity contribution in [1.29, 1.82) is 0 Å². The van der Waals surface area contributed by atoms with Crippen molar-refractivity contribution in [2.75, 3.05) is 13.1 Å². The van der Waals surface area contributed by atoms with Gasteiger partial charge in [-0.15, -0.1) is 0 Å². The van der Waals surface area contributed by atoms with E-state index in [9.17, 15) is 9.18 Å². The van der Waals surface area contributed by atoms with Gasteiger partial charge < -0.3 is 9.42 Å². The van der Waals surface area contributed by atoms with Crippen molar-refractivity contribution in [3.8, 4) is 11.4 Å². The molecule has 1 saturated heterocycles. The van der Waals surface area contributed by atoms with Gasteiger partial charge in [0.1, 0.15) is 5.82 Å². The van der Waals surface area contributed by atoms with Crippen LogP contribution in [-0.4, -0.2) is 34.0 Å². The fourth-order valence-electron chi connectivity index (χ4n) is 3.33. The summed E-state index contributed by atoms with van der Waals surface area (Å²) >= 11 is 0. The molecule has 1 fully saturated rings. The fraction of sp³-hybridized carbons (Fsp3) is 0.227. The zero-order chi connectivity index (χ0) is 19.3. The van der Waals surface area contributed by atoms with Gasteiger partial charge in [-0.3, -0.25) is 4.79 Å². The Labute approximate surface area is 162 Å². The van der Waals surface area contributed by atoms with Gasteiger partial charge in [0.2, 0.25) is 17.6 Å². The second-order valence-electron chi connectivity index (χ2n) is 6.83. The normalized spacial score (nSPS) is 17.2. The predicted molar refractivity (Wildman–Crippen MR) is 104 cm³/mol. The molecule has 6 heteroatoms. The Bertz CT molecular complexity index is 967. The topological polar surface area (TPSA) is 59.2 Å². The zero-order valence-electron chi connectivity index (χ0n) is 15.3. The summed E-state index contributed by atoms with van der Waals surface area (Å²) in [4.78, 5) is 18.8. The molecule has 1 atom stereocenters. The van der Waals surface area contributed by atoms with Gasteiger partial charge in [-0.25, -0.2) is 4.39 Å². The molecule has 28 heavy (non-hydrogen) atoms. The number of carbonyl (C=O) groups excluding carboxylic acids is 1. The molecular weight excluding hydrogens is 357 g/mol. The van der Waals surface area contributed by atoms with Crippen molar-refractivity contribution in [3.05, 3.63) is 77.9 Å². The summed E-state index contributed by atoms with van der Waals surface area (Å²) < 4.78 is 18.5. The Hall–Kier alpha value is -3.28. The fourth-order valence-corrected chi connectivity index (χ4v) is 3.33. The Balaban J connectivity index is 1.43. The largest absolute Gasteiger partial charge is 0.339 e. The highest BCUT2D eigenvalue weighted by atomic mass is 19.1. The molecule has 142 valence electrons. The Morgan fingerprint density at radius 2 is 1.93 bits per heavy atom. The number of amides is 1. The highest BCUT2D eigenvalue weighted by Crippen LogP contribution is 2.28. The van der Waals surface area contributed by atoms with Crippen molar-refractivity contribution in [2.24, 2.45) is 0 Å². The van der Waals surface area contributed by atoms with Crippen molar-refractivity contribution in [2.45, 2.75) is 18.8 Å². The maximum absolute atomic E-state index is 13.1. The van der Waals surface area contributed by atoms with E-state index >= 15 is 0 Å².